The Hall–Kier alpha value is -6.71. The Kier molecular flexibility index (Phi) is 25.9. The van der Waals surface area contributed by atoms with Crippen LogP contribution in [0.2, 0.25) is 0 Å². The molecule has 9 amide bonds. The van der Waals surface area contributed by atoms with Crippen LogP contribution in [0, 0.1) is 29.1 Å². The van der Waals surface area contributed by atoms with Crippen LogP contribution >= 0.6 is 0 Å². The fourth-order valence-corrected chi connectivity index (χ4v) is 11.9. The van der Waals surface area contributed by atoms with Crippen LogP contribution in [-0.4, -0.2) is 168 Å². The number of likely N-dealkylation sites (N-methyl/N-ethyl adjacent to an activating group) is 2. The summed E-state index contributed by atoms with van der Waals surface area (Å²) in [5.41, 5.74) is 6.65. The van der Waals surface area contributed by atoms with Crippen molar-refractivity contribution in [3.05, 3.63) is 71.9 Å². The summed E-state index contributed by atoms with van der Waals surface area (Å²) in [5.74, 6) is -4.13. The van der Waals surface area contributed by atoms with Crippen molar-refractivity contribution < 1.29 is 52.6 Å². The number of para-hydroxylation sites is 1. The summed E-state index contributed by atoms with van der Waals surface area (Å²) in [4.78, 5) is 131. The Bertz CT molecular complexity index is 2700. The number of carbonyl (C=O) groups excluding carboxylic acids is 9. The van der Waals surface area contributed by atoms with E-state index >= 15 is 0 Å². The minimum atomic E-state index is -0.957. The quantitative estimate of drug-likeness (QED) is 0.0194. The number of methoxy groups -OCH3 is 2. The number of aromatic nitrogens is 1. The Labute approximate surface area is 497 Å². The lowest BCUT2D eigenvalue weighted by Gasteiger charge is -2.41. The molecular weight excluding hydrogens is 1070 g/mol. The summed E-state index contributed by atoms with van der Waals surface area (Å²) in [6.07, 6.45) is 4.85. The molecule has 2 aliphatic rings. The molecule has 464 valence electrons. The molecule has 0 spiro atoms. The molecule has 2 aliphatic heterocycles. The number of hydrogen-bond acceptors (Lipinski definition) is 12. The molecule has 5 rings (SSSR count). The van der Waals surface area contributed by atoms with E-state index in [2.05, 4.69) is 31.8 Å². The Balaban J connectivity index is 1.16. The van der Waals surface area contributed by atoms with Gasteiger partial charge in [0.25, 0.3) is 0 Å². The number of unbranched alkanes of at least 4 members (excludes halogenated alkanes) is 2. The van der Waals surface area contributed by atoms with Crippen molar-refractivity contribution in [3.8, 4) is 0 Å². The van der Waals surface area contributed by atoms with Crippen molar-refractivity contribution in [2.24, 2.45) is 29.1 Å². The molecule has 9 atom stereocenters. The predicted molar refractivity (Wildman–Crippen MR) is 321 cm³/mol. The van der Waals surface area contributed by atoms with Gasteiger partial charge in [-0.25, -0.2) is 0 Å². The predicted octanol–water partition coefficient (Wildman–Crippen LogP) is 5.41. The highest BCUT2D eigenvalue weighted by atomic mass is 16.5. The topological polar surface area (TPSA) is 261 Å². The van der Waals surface area contributed by atoms with Gasteiger partial charge in [0, 0.05) is 77.3 Å². The van der Waals surface area contributed by atoms with Crippen LogP contribution in [0.15, 0.2) is 60.8 Å². The SMILES string of the molecule is CCC(C)[C@@H](C(CC(=O)N1CCCC1C(OC)C(C)C(=O)N[C@@H](Cc1c[nH]c2ccccc12)C(=O)NCc1ccccc1)OC)N(C)C(=O)[C@@H](NC(=O)C(C(C)C)N(C)CCCC(=O)NNC(=O)CCCCCN1C(=O)C(C)(C)C1=O)C(C)C. The zero-order valence-corrected chi connectivity index (χ0v) is 52.0. The highest BCUT2D eigenvalue weighted by Crippen LogP contribution is 2.33. The molecule has 0 bridgehead atoms. The number of rotatable bonds is 33. The number of imide groups is 1. The second-order valence-electron chi connectivity index (χ2n) is 24.2. The van der Waals surface area contributed by atoms with Gasteiger partial charge in [0.05, 0.1) is 42.7 Å². The number of fused-ring (bicyclic) bond motifs is 1. The van der Waals surface area contributed by atoms with E-state index in [4.69, 9.17) is 9.47 Å². The molecule has 1 aromatic heterocycles. The lowest BCUT2D eigenvalue weighted by atomic mass is 9.82. The average molecular weight is 1170 g/mol. The second-order valence-corrected chi connectivity index (χ2v) is 24.2. The number of nitrogens with zero attached hydrogens (tertiary/aromatic N) is 4. The van der Waals surface area contributed by atoms with Crippen LogP contribution < -0.4 is 26.8 Å². The van der Waals surface area contributed by atoms with Gasteiger partial charge in [-0.15, -0.1) is 0 Å². The lowest BCUT2D eigenvalue weighted by molar-refractivity contribution is -0.174. The van der Waals surface area contributed by atoms with Crippen molar-refractivity contribution in [2.45, 2.75) is 182 Å². The van der Waals surface area contributed by atoms with Gasteiger partial charge in [0.2, 0.25) is 53.2 Å². The monoisotopic (exact) mass is 1170 g/mol. The van der Waals surface area contributed by atoms with Gasteiger partial charge in [-0.1, -0.05) is 110 Å². The number of likely N-dealkylation sites (tertiary alicyclic amines) is 2. The maximum atomic E-state index is 14.8. The summed E-state index contributed by atoms with van der Waals surface area (Å²) >= 11 is 0. The highest BCUT2D eigenvalue weighted by molar-refractivity contribution is 6.20. The Morgan fingerprint density at radius 1 is 0.774 bits per heavy atom. The maximum Gasteiger partial charge on any atom is 0.245 e. The van der Waals surface area contributed by atoms with Crippen molar-refractivity contribution >= 4 is 64.1 Å². The van der Waals surface area contributed by atoms with E-state index < -0.39 is 53.8 Å². The third-order valence-corrected chi connectivity index (χ3v) is 17.0. The van der Waals surface area contributed by atoms with Crippen LogP contribution in [0.1, 0.15) is 138 Å². The van der Waals surface area contributed by atoms with Gasteiger partial charge < -0.3 is 40.2 Å². The number of β-lactam (4-membered cyclic amide) rings is 2. The molecule has 3 aromatic rings. The second kappa shape index (κ2) is 32.0. The van der Waals surface area contributed by atoms with E-state index in [0.29, 0.717) is 64.6 Å². The van der Waals surface area contributed by atoms with Gasteiger partial charge in [-0.2, -0.15) is 0 Å². The molecule has 84 heavy (non-hydrogen) atoms. The number of nitrogens with one attached hydrogen (secondary N) is 6. The lowest BCUT2D eigenvalue weighted by Crippen LogP contribution is -2.63. The van der Waals surface area contributed by atoms with E-state index in [1.165, 1.54) is 19.1 Å². The molecule has 2 fully saturated rings. The number of hydrazine groups is 1. The van der Waals surface area contributed by atoms with Crippen LogP contribution in [-0.2, 0) is 65.6 Å². The van der Waals surface area contributed by atoms with Gasteiger partial charge in [0.1, 0.15) is 17.5 Å². The molecule has 21 nitrogen and oxygen atoms in total. The highest BCUT2D eigenvalue weighted by Gasteiger charge is 2.53. The first-order chi connectivity index (χ1) is 39.9. The number of amides is 9. The summed E-state index contributed by atoms with van der Waals surface area (Å²) in [5, 5.41) is 10.1. The van der Waals surface area contributed by atoms with Gasteiger partial charge in [0.15, 0.2) is 0 Å². The third-order valence-electron chi connectivity index (χ3n) is 17.0. The molecule has 6 N–H and O–H groups in total. The van der Waals surface area contributed by atoms with Crippen molar-refractivity contribution in [1.82, 2.24) is 51.4 Å². The number of aromatic amines is 1. The number of ether oxygens (including phenoxy) is 2. The maximum absolute atomic E-state index is 14.8. The minimum absolute atomic E-state index is 0.0676. The molecule has 3 heterocycles. The first-order valence-electron chi connectivity index (χ1n) is 30.1. The minimum Gasteiger partial charge on any atom is -0.379 e. The van der Waals surface area contributed by atoms with E-state index in [-0.39, 0.29) is 103 Å². The standard InChI is InChI=1S/C63H96N10O11/c1-14-41(6)55(71(11)60(80)53(39(2)3)67-59(79)54(40(4)5)70(10)32-24-31-51(75)69-68-50(74)30-19-16-22-33-73-61(81)63(8,9)62(73)82)49(83-12)36-52(76)72-34-23-29-48(72)56(84-13)42(7)57(77)66-47(58(78)65-37-43-25-17-15-18-26-43)35-44-38-64-46-28-21-20-27-45(44)46/h15,17-18,20-21,25-28,38-42,47-49,53-56,64H,14,16,19,22-24,29-37H2,1-13H3,(H,65,78)(H,66,77)(H,67,79)(H,68,74)(H,69,75)/t41?,42?,47-,48?,49?,53-,54?,55-,56?/m0/s1. The van der Waals surface area contributed by atoms with Crippen LogP contribution in [0.5, 0.6) is 0 Å². The average Bonchev–Trinajstić information content (AvgIpc) is 2.43. The number of hydrogen-bond donors (Lipinski definition) is 6. The zero-order chi connectivity index (χ0) is 62.0. The Morgan fingerprint density at radius 3 is 2.04 bits per heavy atom. The van der Waals surface area contributed by atoms with Crippen LogP contribution in [0.3, 0.4) is 0 Å². The fourth-order valence-electron chi connectivity index (χ4n) is 11.9. The first-order valence-corrected chi connectivity index (χ1v) is 30.1. The van der Waals surface area contributed by atoms with Gasteiger partial charge in [-0.3, -0.25) is 63.8 Å². The van der Waals surface area contributed by atoms with E-state index in [1.807, 2.05) is 107 Å². The largest absolute Gasteiger partial charge is 0.379 e. The summed E-state index contributed by atoms with van der Waals surface area (Å²) in [6, 6.07) is 13.8. The van der Waals surface area contributed by atoms with E-state index in [9.17, 15) is 43.2 Å². The van der Waals surface area contributed by atoms with Crippen molar-refractivity contribution in [2.75, 3.05) is 47.9 Å². The van der Waals surface area contributed by atoms with E-state index in [0.717, 1.165) is 22.0 Å². The first kappa shape index (κ1) is 68.1. The summed E-state index contributed by atoms with van der Waals surface area (Å²) in [6.45, 7) is 18.0. The molecule has 2 aromatic carbocycles. The molecule has 0 saturated carbocycles. The van der Waals surface area contributed by atoms with Gasteiger partial charge in [-0.05, 0) is 94.5 Å². The third kappa shape index (κ3) is 17.7. The molecule has 6 unspecified atom stereocenters. The summed E-state index contributed by atoms with van der Waals surface area (Å²) < 4.78 is 12.2. The van der Waals surface area contributed by atoms with Crippen molar-refractivity contribution in [1.29, 1.82) is 0 Å². The van der Waals surface area contributed by atoms with Crippen LogP contribution in [0.4, 0.5) is 0 Å². The molecular formula is C63H96N10O11. The number of benzene rings is 2. The number of H-pyrrole nitrogens is 1. The fraction of sp³-hybridized carbons (Fsp3) is 0.635. The van der Waals surface area contributed by atoms with E-state index in [1.54, 1.807) is 44.7 Å². The molecule has 2 saturated heterocycles. The number of carbonyl (C=O) groups is 9. The normalized spacial score (nSPS) is 17.9. The smallest absolute Gasteiger partial charge is 0.245 e. The molecule has 21 heteroatoms. The van der Waals surface area contributed by atoms with Crippen molar-refractivity contribution in [3.63, 3.8) is 0 Å². The summed E-state index contributed by atoms with van der Waals surface area (Å²) in [7, 11) is 6.54. The Morgan fingerprint density at radius 2 is 1.42 bits per heavy atom. The zero-order valence-electron chi connectivity index (χ0n) is 52.0. The van der Waals surface area contributed by atoms with Gasteiger partial charge >= 0.3 is 0 Å². The molecule has 0 aliphatic carbocycles. The van der Waals surface area contributed by atoms with Crippen LogP contribution in [0.25, 0.3) is 10.9 Å². The molecule has 0 radical (unpaired) electrons.